The number of aromatic nitrogens is 3. The van der Waals surface area contributed by atoms with E-state index in [0.717, 1.165) is 25.5 Å². The smallest absolute Gasteiger partial charge is 0.306 e. The molecule has 1 amide bonds. The molecule has 55 heavy (non-hydrogen) atoms. The minimum absolute atomic E-state index is 0.0339. The highest BCUT2D eigenvalue weighted by atomic mass is 19.3. The number of nitrogens with zero attached hydrogens (tertiary/aromatic N) is 4. The molecule has 1 aromatic carbocycles. The number of rotatable bonds is 9. The number of hydrogen-bond acceptors (Lipinski definition) is 6. The summed E-state index contributed by atoms with van der Waals surface area (Å²) in [4.78, 5) is 35.7. The third-order valence-corrected chi connectivity index (χ3v) is 12.7. The van der Waals surface area contributed by atoms with Crippen molar-refractivity contribution in [3.8, 4) is 17.1 Å². The second-order valence-corrected chi connectivity index (χ2v) is 17.0. The summed E-state index contributed by atoms with van der Waals surface area (Å²) in [5.74, 6) is -10.0. The maximum absolute atomic E-state index is 15.3. The number of carbonyl (C=O) groups excluding carboxylic acids is 1. The first-order valence-corrected chi connectivity index (χ1v) is 19.6. The van der Waals surface area contributed by atoms with Gasteiger partial charge < -0.3 is 19.7 Å². The number of ether oxygens (including phenoxy) is 1. The fraction of sp³-hybridized carbons (Fsp3) is 0.650. The van der Waals surface area contributed by atoms with E-state index in [1.807, 2.05) is 15.5 Å². The average molecular weight is 776 g/mol. The number of halogens is 6. The molecule has 3 heterocycles. The van der Waals surface area contributed by atoms with Crippen LogP contribution in [0.3, 0.4) is 0 Å². The number of fused-ring (bicyclic) bond motifs is 3. The molecule has 0 spiro atoms. The Morgan fingerprint density at radius 1 is 0.909 bits per heavy atom. The normalized spacial score (nSPS) is 29.7. The number of carbonyl (C=O) groups is 2. The van der Waals surface area contributed by atoms with E-state index in [1.54, 1.807) is 18.3 Å². The number of alkyl halides is 6. The Kier molecular flexibility index (Phi) is 9.85. The van der Waals surface area contributed by atoms with E-state index >= 15 is 8.78 Å². The van der Waals surface area contributed by atoms with Gasteiger partial charge in [-0.25, -0.2) is 27.5 Å². The summed E-state index contributed by atoms with van der Waals surface area (Å²) in [6.45, 7) is 0.263. The number of likely N-dealkylation sites (tertiary alicyclic amines) is 1. The standard InChI is InChI=1S/C40H47F6N5O4/c1-38(41,42)34-31(36(52)48-25-15-22-12-23(16-25)14-24(13-22)37(53)54)18-47-35(49-34)32-19-51(27-8-10-39(43,44)11-9-27)33-17-29(6-7-30(32)33)55-28-4-2-26(3-5-28)50-20-40(45,46)21-50/h6-7,17-19,22-28H,2-5,8-16,20-21H2,1H3,(H,48,52)(H,53,54). The first-order valence-electron chi connectivity index (χ1n) is 19.6. The molecule has 5 fully saturated rings. The van der Waals surface area contributed by atoms with Gasteiger partial charge in [0.05, 0.1) is 36.2 Å². The van der Waals surface area contributed by atoms with Crippen LogP contribution >= 0.6 is 0 Å². The summed E-state index contributed by atoms with van der Waals surface area (Å²) < 4.78 is 94.2. The van der Waals surface area contributed by atoms with E-state index < -0.39 is 41.3 Å². The largest absolute Gasteiger partial charge is 0.490 e. The van der Waals surface area contributed by atoms with Crippen molar-refractivity contribution in [1.29, 1.82) is 0 Å². The number of benzene rings is 1. The molecule has 3 aromatic rings. The second kappa shape index (κ2) is 14.3. The van der Waals surface area contributed by atoms with Crippen LogP contribution in [0.2, 0.25) is 0 Å². The van der Waals surface area contributed by atoms with Crippen molar-refractivity contribution in [2.24, 2.45) is 17.8 Å². The first-order chi connectivity index (χ1) is 26.0. The Bertz CT molecular complexity index is 1910. The zero-order valence-corrected chi connectivity index (χ0v) is 30.8. The van der Waals surface area contributed by atoms with Gasteiger partial charge >= 0.3 is 5.97 Å². The van der Waals surface area contributed by atoms with Crippen molar-refractivity contribution < 1.29 is 45.8 Å². The van der Waals surface area contributed by atoms with Crippen LogP contribution in [0, 0.1) is 17.8 Å². The zero-order chi connectivity index (χ0) is 38.9. The highest BCUT2D eigenvalue weighted by molar-refractivity contribution is 5.97. The summed E-state index contributed by atoms with van der Waals surface area (Å²) in [7, 11) is 0. The number of hydrogen-bond donors (Lipinski definition) is 2. The lowest BCUT2D eigenvalue weighted by Crippen LogP contribution is -2.60. The van der Waals surface area contributed by atoms with Gasteiger partial charge in [0.1, 0.15) is 11.4 Å². The Morgan fingerprint density at radius 2 is 1.58 bits per heavy atom. The van der Waals surface area contributed by atoms with Gasteiger partial charge in [-0.05, 0) is 94.6 Å². The first kappa shape index (κ1) is 38.0. The Morgan fingerprint density at radius 3 is 2.20 bits per heavy atom. The summed E-state index contributed by atoms with van der Waals surface area (Å²) in [5.41, 5.74) is -0.00626. The molecule has 2 atom stereocenters. The molecule has 8 rings (SSSR count). The molecule has 2 unspecified atom stereocenters. The molecule has 2 N–H and O–H groups in total. The zero-order valence-electron chi connectivity index (χ0n) is 30.8. The van der Waals surface area contributed by atoms with Crippen LogP contribution in [0.15, 0.2) is 30.6 Å². The van der Waals surface area contributed by atoms with Gasteiger partial charge in [0.15, 0.2) is 5.82 Å². The molecule has 0 radical (unpaired) electrons. The number of carboxylic acids is 1. The Labute approximate surface area is 315 Å². The van der Waals surface area contributed by atoms with E-state index in [1.165, 1.54) is 0 Å². The van der Waals surface area contributed by atoms with Crippen molar-refractivity contribution >= 4 is 22.8 Å². The van der Waals surface area contributed by atoms with Gasteiger partial charge in [0, 0.05) is 67.3 Å². The van der Waals surface area contributed by atoms with Crippen molar-refractivity contribution in [3.63, 3.8) is 0 Å². The summed E-state index contributed by atoms with van der Waals surface area (Å²) in [6.07, 6.45) is 8.52. The fourth-order valence-corrected chi connectivity index (χ4v) is 10.1. The highest BCUT2D eigenvalue weighted by Gasteiger charge is 2.47. The molecule has 9 nitrogen and oxygen atoms in total. The molecular weight excluding hydrogens is 728 g/mol. The topological polar surface area (TPSA) is 110 Å². The fourth-order valence-electron chi connectivity index (χ4n) is 10.1. The minimum atomic E-state index is -3.51. The number of nitrogens with one attached hydrogen (secondary N) is 1. The molecule has 298 valence electrons. The molecular formula is C40H47F6N5O4. The van der Waals surface area contributed by atoms with E-state index in [9.17, 15) is 32.3 Å². The van der Waals surface area contributed by atoms with Crippen LogP contribution in [-0.2, 0) is 10.7 Å². The van der Waals surface area contributed by atoms with Crippen LogP contribution in [0.25, 0.3) is 22.3 Å². The monoisotopic (exact) mass is 775 g/mol. The van der Waals surface area contributed by atoms with Crippen molar-refractivity contribution in [2.75, 3.05) is 13.1 Å². The maximum atomic E-state index is 15.3. The van der Waals surface area contributed by atoms with Gasteiger partial charge in [-0.15, -0.1) is 0 Å². The van der Waals surface area contributed by atoms with E-state index in [4.69, 9.17) is 4.74 Å². The summed E-state index contributed by atoms with van der Waals surface area (Å²) >= 11 is 0. The Balaban J connectivity index is 1.05. The molecule has 15 heteroatoms. The lowest BCUT2D eigenvalue weighted by Gasteiger charge is -2.46. The van der Waals surface area contributed by atoms with Crippen LogP contribution in [0.1, 0.15) is 112 Å². The number of aliphatic carboxylic acids is 1. The molecule has 4 saturated carbocycles. The lowest BCUT2D eigenvalue weighted by atomic mass is 9.66. The van der Waals surface area contributed by atoms with Gasteiger partial charge in [0.2, 0.25) is 5.92 Å². The molecule has 2 aromatic heterocycles. The number of carboxylic acid groups (broad SMARTS) is 1. The van der Waals surface area contributed by atoms with Gasteiger partial charge in [-0.1, -0.05) is 0 Å². The molecule has 1 aliphatic heterocycles. The van der Waals surface area contributed by atoms with E-state index in [-0.39, 0.29) is 86.2 Å². The summed E-state index contributed by atoms with van der Waals surface area (Å²) in [6, 6.07) is 4.89. The molecule has 5 aliphatic rings. The number of amides is 1. The highest BCUT2D eigenvalue weighted by Crippen LogP contribution is 2.45. The molecule has 4 aliphatic carbocycles. The van der Waals surface area contributed by atoms with Gasteiger partial charge in [-0.3, -0.25) is 14.5 Å². The minimum Gasteiger partial charge on any atom is -0.490 e. The van der Waals surface area contributed by atoms with E-state index in [0.29, 0.717) is 67.7 Å². The predicted molar refractivity (Wildman–Crippen MR) is 191 cm³/mol. The van der Waals surface area contributed by atoms with E-state index in [2.05, 4.69) is 15.3 Å². The van der Waals surface area contributed by atoms with Crippen LogP contribution < -0.4 is 10.1 Å². The van der Waals surface area contributed by atoms with Crippen LogP contribution in [0.4, 0.5) is 26.3 Å². The summed E-state index contributed by atoms with van der Waals surface area (Å²) in [5, 5.41) is 13.0. The SMILES string of the molecule is CC(F)(F)c1nc(-c2cn(C3CCC(F)(F)CC3)c3cc(OC4CCC(N5CC(F)(F)C5)CC4)ccc23)ncc1C(=O)NC1CC2CC(C1)CC(C(=O)O)C2. The average Bonchev–Trinajstić information content (AvgIpc) is 3.48. The van der Waals surface area contributed by atoms with Gasteiger partial charge in [0.25, 0.3) is 17.8 Å². The maximum Gasteiger partial charge on any atom is 0.306 e. The van der Waals surface area contributed by atoms with Crippen molar-refractivity contribution in [1.82, 2.24) is 24.8 Å². The molecule has 2 bridgehead atoms. The third-order valence-electron chi connectivity index (χ3n) is 12.7. The van der Waals surface area contributed by atoms with Crippen LogP contribution in [-0.4, -0.2) is 79.5 Å². The third kappa shape index (κ3) is 8.04. The predicted octanol–water partition coefficient (Wildman–Crippen LogP) is 8.61. The van der Waals surface area contributed by atoms with Crippen molar-refractivity contribution in [3.05, 3.63) is 41.9 Å². The molecule has 1 saturated heterocycles. The lowest BCUT2D eigenvalue weighted by molar-refractivity contribution is -0.151. The second-order valence-electron chi connectivity index (χ2n) is 17.0. The van der Waals surface area contributed by atoms with Crippen molar-refractivity contribution in [2.45, 2.75) is 132 Å². The van der Waals surface area contributed by atoms with Crippen LogP contribution in [0.5, 0.6) is 5.75 Å². The van der Waals surface area contributed by atoms with Gasteiger partial charge in [-0.2, -0.15) is 8.78 Å². The Hall–Kier alpha value is -3.88. The quantitative estimate of drug-likeness (QED) is 0.210.